The van der Waals surface area contributed by atoms with Gasteiger partial charge in [-0.3, -0.25) is 4.79 Å². The Morgan fingerprint density at radius 2 is 1.74 bits per heavy atom. The monoisotopic (exact) mass is 387 g/mol. The number of aliphatic hydroxyl groups is 2. The number of aliphatic hydroxyl groups excluding tert-OH is 2. The fraction of sp³-hybridized carbons (Fsp3) is 0.381. The number of hydrogen-bond donors (Lipinski definition) is 3. The summed E-state index contributed by atoms with van der Waals surface area (Å²) >= 11 is 1.58. The van der Waals surface area contributed by atoms with Crippen LogP contribution >= 0.6 is 11.3 Å². The molecule has 0 aliphatic rings. The highest BCUT2D eigenvalue weighted by Crippen LogP contribution is 2.28. The van der Waals surface area contributed by atoms with Crippen LogP contribution in [0.15, 0.2) is 41.2 Å². The summed E-state index contributed by atoms with van der Waals surface area (Å²) in [5, 5.41) is 20.0. The van der Waals surface area contributed by atoms with Crippen LogP contribution in [0.2, 0.25) is 0 Å². The fourth-order valence-corrected chi connectivity index (χ4v) is 3.98. The Morgan fingerprint density at radius 3 is 2.41 bits per heavy atom. The maximum atomic E-state index is 13.0. The summed E-state index contributed by atoms with van der Waals surface area (Å²) < 4.78 is 7.53. The van der Waals surface area contributed by atoms with Crippen LogP contribution in [0.25, 0.3) is 20.2 Å². The summed E-state index contributed by atoms with van der Waals surface area (Å²) in [6.07, 6.45) is 1.93. The van der Waals surface area contributed by atoms with E-state index in [2.05, 4.69) is 0 Å². The van der Waals surface area contributed by atoms with Gasteiger partial charge >= 0.3 is 0 Å². The molecule has 0 unspecified atom stereocenters. The van der Waals surface area contributed by atoms with Gasteiger partial charge in [-0.1, -0.05) is 13.0 Å². The summed E-state index contributed by atoms with van der Waals surface area (Å²) in [5.41, 5.74) is 5.89. The Hall–Kier alpha value is -1.99. The van der Waals surface area contributed by atoms with Crippen LogP contribution in [-0.4, -0.2) is 35.6 Å². The van der Waals surface area contributed by atoms with E-state index in [9.17, 15) is 15.0 Å². The van der Waals surface area contributed by atoms with Gasteiger partial charge in [-0.05, 0) is 55.2 Å². The van der Waals surface area contributed by atoms with E-state index in [-0.39, 0.29) is 18.6 Å². The molecule has 5 nitrogen and oxygen atoms in total. The highest BCUT2D eigenvalue weighted by molar-refractivity contribution is 7.24. The van der Waals surface area contributed by atoms with Crippen molar-refractivity contribution in [2.24, 2.45) is 5.73 Å². The van der Waals surface area contributed by atoms with Gasteiger partial charge in [-0.25, -0.2) is 0 Å². The van der Waals surface area contributed by atoms with E-state index in [0.717, 1.165) is 21.4 Å². The maximum absolute atomic E-state index is 13.0. The van der Waals surface area contributed by atoms with Crippen molar-refractivity contribution in [1.82, 2.24) is 0 Å². The zero-order chi connectivity index (χ0) is 19.4. The smallest absolute Gasteiger partial charge is 0.196 e. The van der Waals surface area contributed by atoms with Crippen LogP contribution < -0.4 is 15.9 Å². The van der Waals surface area contributed by atoms with Gasteiger partial charge in [0.2, 0.25) is 0 Å². The van der Waals surface area contributed by atoms with E-state index < -0.39 is 5.54 Å². The van der Waals surface area contributed by atoms with Gasteiger partial charge in [-0.2, -0.15) is 0 Å². The molecule has 4 N–H and O–H groups in total. The van der Waals surface area contributed by atoms with Crippen molar-refractivity contribution in [3.63, 3.8) is 0 Å². The standard InChI is InChI=1S/C21H25NO4S/c1-2-9-26-15-4-6-19-17(11-15)20(25)16-10-14(3-5-18(16)27-19)7-8-21(22,12-23)13-24/h3-6,10-11,23-24H,2,7-9,12-13,22H2,1H3. The van der Waals surface area contributed by atoms with Crippen molar-refractivity contribution in [2.75, 3.05) is 19.8 Å². The fourth-order valence-electron chi connectivity index (χ4n) is 2.95. The first-order valence-corrected chi connectivity index (χ1v) is 9.94. The zero-order valence-corrected chi connectivity index (χ0v) is 16.2. The van der Waals surface area contributed by atoms with E-state index in [4.69, 9.17) is 10.5 Å². The third-order valence-corrected chi connectivity index (χ3v) is 5.87. The Morgan fingerprint density at radius 1 is 1.07 bits per heavy atom. The second-order valence-electron chi connectivity index (χ2n) is 6.95. The molecular formula is C21H25NO4S. The van der Waals surface area contributed by atoms with Crippen molar-refractivity contribution in [1.29, 1.82) is 0 Å². The van der Waals surface area contributed by atoms with E-state index in [1.54, 1.807) is 11.3 Å². The molecule has 3 rings (SSSR count). The van der Waals surface area contributed by atoms with Gasteiger partial charge in [0.25, 0.3) is 0 Å². The molecule has 0 aliphatic heterocycles. The Kier molecular flexibility index (Phi) is 6.11. The van der Waals surface area contributed by atoms with Gasteiger partial charge in [0.1, 0.15) is 5.75 Å². The Bertz CT molecular complexity index is 995. The molecule has 0 amide bonds. The molecule has 0 saturated heterocycles. The van der Waals surface area contributed by atoms with Gasteiger partial charge < -0.3 is 20.7 Å². The van der Waals surface area contributed by atoms with E-state index in [1.807, 2.05) is 43.3 Å². The predicted molar refractivity (Wildman–Crippen MR) is 111 cm³/mol. The van der Waals surface area contributed by atoms with Crippen LogP contribution in [0.5, 0.6) is 5.75 Å². The first-order valence-electron chi connectivity index (χ1n) is 9.12. The minimum atomic E-state index is -1.01. The number of ether oxygens (including phenoxy) is 1. The number of hydrogen-bond acceptors (Lipinski definition) is 6. The van der Waals surface area contributed by atoms with Crippen LogP contribution in [-0.2, 0) is 6.42 Å². The summed E-state index contributed by atoms with van der Waals surface area (Å²) in [6.45, 7) is 2.10. The summed E-state index contributed by atoms with van der Waals surface area (Å²) in [6, 6.07) is 11.5. The van der Waals surface area contributed by atoms with E-state index in [1.165, 1.54) is 0 Å². The lowest BCUT2D eigenvalue weighted by molar-refractivity contribution is 0.115. The number of nitrogens with two attached hydrogens (primary N) is 1. The molecule has 3 aromatic rings. The normalized spacial score (nSPS) is 12.0. The zero-order valence-electron chi connectivity index (χ0n) is 15.4. The highest BCUT2D eigenvalue weighted by Gasteiger charge is 2.22. The predicted octanol–water partition coefficient (Wildman–Crippen LogP) is 2.82. The largest absolute Gasteiger partial charge is 0.494 e. The van der Waals surface area contributed by atoms with Crippen LogP contribution in [0.3, 0.4) is 0 Å². The van der Waals surface area contributed by atoms with Crippen LogP contribution in [0.1, 0.15) is 25.3 Å². The molecule has 0 radical (unpaired) electrons. The average Bonchev–Trinajstić information content (AvgIpc) is 2.71. The molecule has 0 bridgehead atoms. The van der Waals surface area contributed by atoms with Crippen molar-refractivity contribution < 1.29 is 14.9 Å². The molecule has 0 fully saturated rings. The van der Waals surface area contributed by atoms with Crippen molar-refractivity contribution >= 4 is 31.5 Å². The van der Waals surface area contributed by atoms with Gasteiger partial charge in [0.15, 0.2) is 5.43 Å². The second kappa shape index (κ2) is 8.35. The molecular weight excluding hydrogens is 362 g/mol. The summed E-state index contributed by atoms with van der Waals surface area (Å²) in [5.74, 6) is 0.711. The molecule has 2 aromatic carbocycles. The average molecular weight is 388 g/mol. The molecule has 0 spiro atoms. The van der Waals surface area contributed by atoms with Crippen LogP contribution in [0.4, 0.5) is 0 Å². The van der Waals surface area contributed by atoms with Crippen molar-refractivity contribution in [2.45, 2.75) is 31.7 Å². The van der Waals surface area contributed by atoms with Crippen molar-refractivity contribution in [3.8, 4) is 5.75 Å². The molecule has 27 heavy (non-hydrogen) atoms. The third kappa shape index (κ3) is 4.30. The third-order valence-electron chi connectivity index (χ3n) is 4.72. The van der Waals surface area contributed by atoms with Crippen LogP contribution in [0, 0.1) is 0 Å². The second-order valence-corrected chi connectivity index (χ2v) is 8.03. The Balaban J connectivity index is 1.98. The molecule has 0 aliphatic carbocycles. The lowest BCUT2D eigenvalue weighted by Gasteiger charge is -2.24. The molecule has 1 aromatic heterocycles. The van der Waals surface area contributed by atoms with Crippen molar-refractivity contribution in [3.05, 3.63) is 52.2 Å². The van der Waals surface area contributed by atoms with Gasteiger partial charge in [0.05, 0.1) is 25.4 Å². The maximum Gasteiger partial charge on any atom is 0.196 e. The number of rotatable bonds is 8. The quantitative estimate of drug-likeness (QED) is 0.517. The number of aryl methyl sites for hydroxylation is 1. The van der Waals surface area contributed by atoms with Gasteiger partial charge in [-0.15, -0.1) is 11.3 Å². The number of fused-ring (bicyclic) bond motifs is 2. The molecule has 0 atom stereocenters. The first-order chi connectivity index (χ1) is 13.0. The molecule has 6 heteroatoms. The van der Waals surface area contributed by atoms with E-state index in [0.29, 0.717) is 36.0 Å². The summed E-state index contributed by atoms with van der Waals surface area (Å²) in [4.78, 5) is 13.0. The molecule has 0 saturated carbocycles. The highest BCUT2D eigenvalue weighted by atomic mass is 32.1. The first kappa shape index (κ1) is 19.8. The topological polar surface area (TPSA) is 92.8 Å². The minimum Gasteiger partial charge on any atom is -0.494 e. The van der Waals surface area contributed by atoms with E-state index >= 15 is 0 Å². The molecule has 144 valence electrons. The summed E-state index contributed by atoms with van der Waals surface area (Å²) in [7, 11) is 0. The Labute approximate surface area is 162 Å². The van der Waals surface area contributed by atoms with Gasteiger partial charge in [0, 0.05) is 20.2 Å². The SMILES string of the molecule is CCCOc1ccc2sc3ccc(CCC(N)(CO)CO)cc3c(=O)c2c1. The lowest BCUT2D eigenvalue weighted by Crippen LogP contribution is -2.47. The number of benzene rings is 2. The minimum absolute atomic E-state index is 0.00845. The lowest BCUT2D eigenvalue weighted by atomic mass is 9.93. The molecule has 1 heterocycles.